The standard InChI is InChI=1S/C14H23N3OS/c1-4-16-10-17(19-11(2)3)15-13(14(16)18)12-8-6-5-7-9-12/h8,11H,4-7,9-10H2,1-3H3. The topological polar surface area (TPSA) is 35.9 Å². The van der Waals surface area contributed by atoms with Crippen LogP contribution in [-0.4, -0.2) is 39.4 Å². The minimum absolute atomic E-state index is 0.0938. The molecule has 2 rings (SSSR count). The monoisotopic (exact) mass is 281 g/mol. The zero-order chi connectivity index (χ0) is 13.8. The SMILES string of the molecule is CCN1CN(SC(C)C)N=C(C2=CCCCC2)C1=O. The summed E-state index contributed by atoms with van der Waals surface area (Å²) in [5.41, 5.74) is 1.81. The zero-order valence-corrected chi connectivity index (χ0v) is 12.9. The van der Waals surface area contributed by atoms with Gasteiger partial charge in [-0.05, 0) is 50.1 Å². The predicted octanol–water partition coefficient (Wildman–Crippen LogP) is 3.02. The highest BCUT2D eigenvalue weighted by atomic mass is 32.2. The molecule has 106 valence electrons. The molecule has 0 spiro atoms. The summed E-state index contributed by atoms with van der Waals surface area (Å²) in [6, 6.07) is 0. The van der Waals surface area contributed by atoms with Crippen LogP contribution in [0.4, 0.5) is 0 Å². The summed E-state index contributed by atoms with van der Waals surface area (Å²) >= 11 is 1.69. The number of allylic oxidation sites excluding steroid dienone is 1. The first kappa shape index (κ1) is 14.4. The van der Waals surface area contributed by atoms with Crippen molar-refractivity contribution in [2.24, 2.45) is 5.10 Å². The van der Waals surface area contributed by atoms with E-state index < -0.39 is 0 Å². The van der Waals surface area contributed by atoms with Crippen molar-refractivity contribution < 1.29 is 4.79 Å². The van der Waals surface area contributed by atoms with Crippen LogP contribution in [0.25, 0.3) is 0 Å². The Morgan fingerprint density at radius 2 is 2.21 bits per heavy atom. The van der Waals surface area contributed by atoms with Gasteiger partial charge in [0, 0.05) is 11.8 Å². The summed E-state index contributed by atoms with van der Waals surface area (Å²) < 4.78 is 1.96. The van der Waals surface area contributed by atoms with Gasteiger partial charge in [-0.3, -0.25) is 4.79 Å². The van der Waals surface area contributed by atoms with Gasteiger partial charge in [-0.2, -0.15) is 5.10 Å². The van der Waals surface area contributed by atoms with E-state index in [0.717, 1.165) is 25.0 Å². The van der Waals surface area contributed by atoms with Crippen molar-refractivity contribution in [2.45, 2.75) is 51.7 Å². The first-order valence-corrected chi connectivity index (χ1v) is 7.97. The molecule has 4 nitrogen and oxygen atoms in total. The molecule has 0 unspecified atom stereocenters. The van der Waals surface area contributed by atoms with E-state index in [0.29, 0.717) is 17.6 Å². The third-order valence-electron chi connectivity index (χ3n) is 3.30. The van der Waals surface area contributed by atoms with Crippen molar-refractivity contribution in [1.29, 1.82) is 0 Å². The van der Waals surface area contributed by atoms with E-state index in [2.05, 4.69) is 25.0 Å². The highest BCUT2D eigenvalue weighted by Crippen LogP contribution is 2.26. The molecule has 1 heterocycles. The molecular formula is C14H23N3OS. The van der Waals surface area contributed by atoms with E-state index >= 15 is 0 Å². The van der Waals surface area contributed by atoms with Gasteiger partial charge in [0.25, 0.3) is 5.91 Å². The third kappa shape index (κ3) is 3.53. The van der Waals surface area contributed by atoms with Crippen LogP contribution >= 0.6 is 11.9 Å². The van der Waals surface area contributed by atoms with Gasteiger partial charge in [-0.1, -0.05) is 19.9 Å². The first-order chi connectivity index (χ1) is 9.11. The fraction of sp³-hybridized carbons (Fsp3) is 0.714. The third-order valence-corrected chi connectivity index (χ3v) is 4.16. The molecule has 5 heteroatoms. The summed E-state index contributed by atoms with van der Waals surface area (Å²) in [7, 11) is 0. The van der Waals surface area contributed by atoms with Gasteiger partial charge >= 0.3 is 0 Å². The van der Waals surface area contributed by atoms with Crippen molar-refractivity contribution in [3.8, 4) is 0 Å². The Balaban J connectivity index is 2.23. The van der Waals surface area contributed by atoms with Gasteiger partial charge < -0.3 is 4.90 Å². The molecule has 0 fully saturated rings. The van der Waals surface area contributed by atoms with Crippen LogP contribution < -0.4 is 0 Å². The predicted molar refractivity (Wildman–Crippen MR) is 80.8 cm³/mol. The lowest BCUT2D eigenvalue weighted by Gasteiger charge is -2.34. The highest BCUT2D eigenvalue weighted by Gasteiger charge is 2.29. The molecule has 1 aliphatic heterocycles. The number of hydrogen-bond donors (Lipinski definition) is 0. The Morgan fingerprint density at radius 1 is 1.42 bits per heavy atom. The maximum atomic E-state index is 12.4. The lowest BCUT2D eigenvalue weighted by atomic mass is 9.95. The van der Waals surface area contributed by atoms with Gasteiger partial charge in [-0.25, -0.2) is 4.41 Å². The summed E-state index contributed by atoms with van der Waals surface area (Å²) in [6.07, 6.45) is 6.65. The van der Waals surface area contributed by atoms with Gasteiger partial charge in [0.1, 0.15) is 6.67 Å². The molecule has 0 radical (unpaired) electrons. The van der Waals surface area contributed by atoms with Gasteiger partial charge in [0.15, 0.2) is 5.71 Å². The van der Waals surface area contributed by atoms with Gasteiger partial charge in [0.2, 0.25) is 0 Å². The lowest BCUT2D eigenvalue weighted by Crippen LogP contribution is -2.47. The molecule has 0 bridgehead atoms. The maximum absolute atomic E-state index is 12.4. The summed E-state index contributed by atoms with van der Waals surface area (Å²) in [4.78, 5) is 14.3. The zero-order valence-electron chi connectivity index (χ0n) is 12.1. The van der Waals surface area contributed by atoms with Crippen LogP contribution in [0.2, 0.25) is 0 Å². The highest BCUT2D eigenvalue weighted by molar-refractivity contribution is 7.97. The first-order valence-electron chi connectivity index (χ1n) is 7.13. The lowest BCUT2D eigenvalue weighted by molar-refractivity contribution is -0.126. The molecule has 1 amide bonds. The average Bonchev–Trinajstić information content (AvgIpc) is 2.41. The molecule has 0 atom stereocenters. The Kier molecular flexibility index (Phi) is 4.91. The van der Waals surface area contributed by atoms with Crippen LogP contribution in [0.5, 0.6) is 0 Å². The van der Waals surface area contributed by atoms with Crippen molar-refractivity contribution in [2.75, 3.05) is 13.2 Å². The number of rotatable bonds is 4. The minimum Gasteiger partial charge on any atom is -0.317 e. The molecule has 19 heavy (non-hydrogen) atoms. The second-order valence-corrected chi connectivity index (χ2v) is 6.81. The molecule has 1 aliphatic carbocycles. The largest absolute Gasteiger partial charge is 0.317 e. The van der Waals surface area contributed by atoms with E-state index in [1.807, 2.05) is 16.2 Å². The quantitative estimate of drug-likeness (QED) is 0.743. The van der Waals surface area contributed by atoms with Crippen molar-refractivity contribution in [3.05, 3.63) is 11.6 Å². The fourth-order valence-electron chi connectivity index (χ4n) is 2.34. The maximum Gasteiger partial charge on any atom is 0.276 e. The van der Waals surface area contributed by atoms with E-state index in [1.165, 1.54) is 12.8 Å². The van der Waals surface area contributed by atoms with E-state index in [1.54, 1.807) is 11.9 Å². The van der Waals surface area contributed by atoms with E-state index in [4.69, 9.17) is 0 Å². The smallest absolute Gasteiger partial charge is 0.276 e. The molecule has 0 saturated carbocycles. The molecule has 0 saturated heterocycles. The molecule has 0 N–H and O–H groups in total. The molecule has 0 aromatic carbocycles. The van der Waals surface area contributed by atoms with Crippen LogP contribution in [0.15, 0.2) is 16.8 Å². The summed E-state index contributed by atoms with van der Waals surface area (Å²) in [6.45, 7) is 7.64. The van der Waals surface area contributed by atoms with Crippen molar-refractivity contribution in [3.63, 3.8) is 0 Å². The second-order valence-electron chi connectivity index (χ2n) is 5.23. The van der Waals surface area contributed by atoms with Crippen molar-refractivity contribution >= 4 is 23.6 Å². The molecular weight excluding hydrogens is 258 g/mol. The van der Waals surface area contributed by atoms with Crippen LogP contribution in [-0.2, 0) is 4.79 Å². The Hall–Kier alpha value is -0.970. The number of hydrogen-bond acceptors (Lipinski definition) is 4. The fourth-order valence-corrected chi connectivity index (χ4v) is 3.17. The molecule has 2 aliphatic rings. The van der Waals surface area contributed by atoms with Gasteiger partial charge in [0.05, 0.1) is 0 Å². The van der Waals surface area contributed by atoms with Gasteiger partial charge in [-0.15, -0.1) is 0 Å². The van der Waals surface area contributed by atoms with Crippen LogP contribution in [0.1, 0.15) is 46.5 Å². The van der Waals surface area contributed by atoms with Crippen LogP contribution in [0, 0.1) is 0 Å². The number of carbonyl (C=O) groups excluding carboxylic acids is 1. The molecule has 0 aromatic rings. The number of amides is 1. The van der Waals surface area contributed by atoms with Crippen LogP contribution in [0.3, 0.4) is 0 Å². The van der Waals surface area contributed by atoms with Crippen molar-refractivity contribution in [1.82, 2.24) is 9.31 Å². The number of nitrogens with zero attached hydrogens (tertiary/aromatic N) is 3. The number of carbonyl (C=O) groups is 1. The minimum atomic E-state index is 0.0938. The van der Waals surface area contributed by atoms with E-state index in [-0.39, 0.29) is 5.91 Å². The Morgan fingerprint density at radius 3 is 2.79 bits per heavy atom. The Labute approximate surface area is 120 Å². The van der Waals surface area contributed by atoms with E-state index in [9.17, 15) is 4.79 Å². The number of hydrazone groups is 1. The summed E-state index contributed by atoms with van der Waals surface area (Å²) in [5, 5.41) is 5.05. The average molecular weight is 281 g/mol. The second kappa shape index (κ2) is 6.46. The summed E-state index contributed by atoms with van der Waals surface area (Å²) in [5.74, 6) is 0.0938. The Bertz CT molecular complexity index is 403. The normalized spacial score (nSPS) is 20.7. The molecule has 0 aromatic heterocycles.